The van der Waals surface area contributed by atoms with E-state index in [4.69, 9.17) is 9.72 Å². The molecule has 2 aliphatic heterocycles. The summed E-state index contributed by atoms with van der Waals surface area (Å²) >= 11 is 0. The Kier molecular flexibility index (Phi) is 4.75. The van der Waals surface area contributed by atoms with E-state index in [0.717, 1.165) is 54.6 Å². The maximum absolute atomic E-state index is 5.44. The van der Waals surface area contributed by atoms with E-state index in [1.807, 2.05) is 0 Å². The van der Waals surface area contributed by atoms with Gasteiger partial charge in [0.2, 0.25) is 0 Å². The molecule has 4 rings (SSSR count). The fourth-order valence-electron chi connectivity index (χ4n) is 3.32. The maximum Gasteiger partial charge on any atom is 0.134 e. The molecule has 136 valence electrons. The average Bonchev–Trinajstić information content (AvgIpc) is 2.68. The lowest BCUT2D eigenvalue weighted by molar-refractivity contribution is 0.122. The van der Waals surface area contributed by atoms with Crippen molar-refractivity contribution in [3.8, 4) is 11.3 Å². The summed E-state index contributed by atoms with van der Waals surface area (Å²) in [6.07, 6.45) is 1.76. The number of anilines is 3. The molecule has 2 N–H and O–H groups in total. The normalized spacial score (nSPS) is 16.3. The molecular formula is C20H25N5O. The van der Waals surface area contributed by atoms with Gasteiger partial charge in [-0.05, 0) is 32.0 Å². The number of hydrogen-bond acceptors (Lipinski definition) is 6. The third-order valence-electron chi connectivity index (χ3n) is 4.65. The van der Waals surface area contributed by atoms with E-state index in [1.165, 1.54) is 5.69 Å². The predicted octanol–water partition coefficient (Wildman–Crippen LogP) is 3.36. The van der Waals surface area contributed by atoms with Crippen LogP contribution < -0.4 is 15.5 Å². The zero-order valence-corrected chi connectivity index (χ0v) is 15.3. The van der Waals surface area contributed by atoms with Gasteiger partial charge in [-0.15, -0.1) is 0 Å². The van der Waals surface area contributed by atoms with Gasteiger partial charge in [0.1, 0.15) is 5.82 Å². The second-order valence-corrected chi connectivity index (χ2v) is 6.94. The van der Waals surface area contributed by atoms with Crippen LogP contribution in [0.15, 0.2) is 35.3 Å². The third-order valence-corrected chi connectivity index (χ3v) is 4.65. The molecule has 6 nitrogen and oxygen atoms in total. The number of nitrogens with zero attached hydrogens (tertiary/aromatic N) is 3. The Morgan fingerprint density at radius 2 is 1.92 bits per heavy atom. The minimum atomic E-state index is 0.316. The minimum Gasteiger partial charge on any atom is -0.378 e. The molecule has 3 heterocycles. The Morgan fingerprint density at radius 3 is 2.65 bits per heavy atom. The van der Waals surface area contributed by atoms with Crippen molar-refractivity contribution in [2.75, 3.05) is 41.8 Å². The molecule has 2 aromatic rings. The van der Waals surface area contributed by atoms with Crippen molar-refractivity contribution < 1.29 is 4.74 Å². The Balaban J connectivity index is 1.64. The van der Waals surface area contributed by atoms with Crippen LogP contribution in [0.3, 0.4) is 0 Å². The first kappa shape index (κ1) is 16.8. The van der Waals surface area contributed by atoms with E-state index < -0.39 is 0 Å². The van der Waals surface area contributed by atoms with Crippen molar-refractivity contribution in [2.45, 2.75) is 26.4 Å². The Labute approximate surface area is 154 Å². The topological polar surface area (TPSA) is 61.8 Å². The van der Waals surface area contributed by atoms with Crippen molar-refractivity contribution >= 4 is 23.5 Å². The lowest BCUT2D eigenvalue weighted by Gasteiger charge is -2.29. The monoisotopic (exact) mass is 351 g/mol. The molecule has 0 aliphatic carbocycles. The molecule has 26 heavy (non-hydrogen) atoms. The van der Waals surface area contributed by atoms with E-state index in [0.29, 0.717) is 12.6 Å². The molecule has 0 amide bonds. The van der Waals surface area contributed by atoms with Crippen LogP contribution in [0.1, 0.15) is 19.4 Å². The second kappa shape index (κ2) is 7.33. The van der Waals surface area contributed by atoms with Gasteiger partial charge >= 0.3 is 0 Å². The summed E-state index contributed by atoms with van der Waals surface area (Å²) in [5, 5.41) is 6.71. The van der Waals surface area contributed by atoms with Gasteiger partial charge in [0.15, 0.2) is 0 Å². The smallest absolute Gasteiger partial charge is 0.134 e. The highest BCUT2D eigenvalue weighted by atomic mass is 16.5. The Hall–Kier alpha value is -2.60. The molecule has 2 aliphatic rings. The summed E-state index contributed by atoms with van der Waals surface area (Å²) < 4.78 is 5.44. The zero-order valence-electron chi connectivity index (χ0n) is 15.3. The van der Waals surface area contributed by atoms with Crippen molar-refractivity contribution in [1.82, 2.24) is 4.98 Å². The summed E-state index contributed by atoms with van der Waals surface area (Å²) in [5.41, 5.74) is 5.50. The number of pyridine rings is 1. The van der Waals surface area contributed by atoms with E-state index >= 15 is 0 Å². The summed E-state index contributed by atoms with van der Waals surface area (Å²) in [7, 11) is 0. The third kappa shape index (κ3) is 3.51. The van der Waals surface area contributed by atoms with Gasteiger partial charge in [-0.1, -0.05) is 12.1 Å². The van der Waals surface area contributed by atoms with Crippen LogP contribution in [-0.4, -0.2) is 43.7 Å². The summed E-state index contributed by atoms with van der Waals surface area (Å²) in [5.74, 6) is 0.911. The lowest BCUT2D eigenvalue weighted by atomic mass is 10.1. The quantitative estimate of drug-likeness (QED) is 0.884. The van der Waals surface area contributed by atoms with Crippen molar-refractivity contribution in [3.05, 3.63) is 35.9 Å². The van der Waals surface area contributed by atoms with E-state index in [2.05, 4.69) is 64.7 Å². The van der Waals surface area contributed by atoms with Crippen LogP contribution in [0, 0.1) is 0 Å². The summed E-state index contributed by atoms with van der Waals surface area (Å²) in [6, 6.07) is 11.1. The molecule has 1 aromatic carbocycles. The van der Waals surface area contributed by atoms with Gasteiger partial charge in [0.25, 0.3) is 0 Å². The minimum absolute atomic E-state index is 0.316. The molecule has 0 radical (unpaired) electrons. The predicted molar refractivity (Wildman–Crippen MR) is 107 cm³/mol. The number of ether oxygens (including phenoxy) is 1. The Bertz CT molecular complexity index is 795. The van der Waals surface area contributed by atoms with Gasteiger partial charge in [-0.2, -0.15) is 0 Å². The highest BCUT2D eigenvalue weighted by Crippen LogP contribution is 2.32. The number of hydrogen-bond donors (Lipinski definition) is 2. The molecule has 6 heteroatoms. The molecule has 1 aromatic heterocycles. The van der Waals surface area contributed by atoms with Crippen LogP contribution in [0.4, 0.5) is 17.2 Å². The van der Waals surface area contributed by atoms with Gasteiger partial charge < -0.3 is 20.3 Å². The molecule has 0 bridgehead atoms. The molecule has 0 atom stereocenters. The van der Waals surface area contributed by atoms with Gasteiger partial charge in [0.05, 0.1) is 37.5 Å². The molecule has 0 unspecified atom stereocenters. The van der Waals surface area contributed by atoms with E-state index in [9.17, 15) is 0 Å². The number of aliphatic imine (C=N–C) groups is 1. The highest BCUT2D eigenvalue weighted by molar-refractivity contribution is 5.84. The van der Waals surface area contributed by atoms with Crippen LogP contribution in [-0.2, 0) is 11.3 Å². The van der Waals surface area contributed by atoms with Crippen LogP contribution in [0.5, 0.6) is 0 Å². The second-order valence-electron chi connectivity index (χ2n) is 6.94. The first-order valence-electron chi connectivity index (χ1n) is 9.19. The fourth-order valence-corrected chi connectivity index (χ4v) is 3.32. The Morgan fingerprint density at radius 1 is 1.15 bits per heavy atom. The van der Waals surface area contributed by atoms with E-state index in [-0.39, 0.29) is 0 Å². The molecule has 0 saturated carbocycles. The van der Waals surface area contributed by atoms with Crippen LogP contribution >= 0.6 is 0 Å². The number of fused-ring (bicyclic) bond motifs is 1. The molecule has 1 saturated heterocycles. The fraction of sp³-hybridized carbons (Fsp3) is 0.400. The average molecular weight is 351 g/mol. The number of nitrogens with one attached hydrogen (secondary N) is 2. The maximum atomic E-state index is 5.44. The zero-order chi connectivity index (χ0) is 17.9. The van der Waals surface area contributed by atoms with Crippen LogP contribution in [0.25, 0.3) is 11.3 Å². The first-order chi connectivity index (χ1) is 12.7. The number of aromatic nitrogens is 1. The summed E-state index contributed by atoms with van der Waals surface area (Å²) in [6.45, 7) is 8.39. The van der Waals surface area contributed by atoms with Crippen molar-refractivity contribution in [3.63, 3.8) is 0 Å². The largest absolute Gasteiger partial charge is 0.378 e. The van der Waals surface area contributed by atoms with Crippen molar-refractivity contribution in [2.24, 2.45) is 4.99 Å². The molecule has 0 spiro atoms. The number of morpholine rings is 1. The molecular weight excluding hydrogens is 326 g/mol. The van der Waals surface area contributed by atoms with Gasteiger partial charge in [-0.3, -0.25) is 4.99 Å². The number of benzene rings is 1. The lowest BCUT2D eigenvalue weighted by Crippen LogP contribution is -2.36. The summed E-state index contributed by atoms with van der Waals surface area (Å²) in [4.78, 5) is 11.6. The molecule has 1 fully saturated rings. The standard InChI is InChI=1S/C20H25N5O/c1-14(2)23-20-17-12-21-13-22-19(17)11-18(24-20)15-3-5-16(6-4-15)25-7-9-26-10-8-25/h3-6,11,13-14H,7-10,12H2,1-2H3,(H,21,22)(H,23,24). The van der Waals surface area contributed by atoms with E-state index in [1.54, 1.807) is 6.34 Å². The van der Waals surface area contributed by atoms with Crippen molar-refractivity contribution in [1.29, 1.82) is 0 Å². The van der Waals surface area contributed by atoms with Crippen LogP contribution in [0.2, 0.25) is 0 Å². The van der Waals surface area contributed by atoms with Gasteiger partial charge in [0, 0.05) is 35.9 Å². The highest BCUT2D eigenvalue weighted by Gasteiger charge is 2.16. The number of rotatable bonds is 4. The van der Waals surface area contributed by atoms with Gasteiger partial charge in [-0.25, -0.2) is 4.98 Å². The first-order valence-corrected chi connectivity index (χ1v) is 9.19. The SMILES string of the molecule is CC(C)Nc1nc(-c2ccc(N3CCOCC3)cc2)cc2c1CN=CN2.